The van der Waals surface area contributed by atoms with Gasteiger partial charge in [0, 0.05) is 24.6 Å². The summed E-state index contributed by atoms with van der Waals surface area (Å²) in [6.45, 7) is -0.649. The Balaban J connectivity index is 2.26. The predicted octanol–water partition coefficient (Wildman–Crippen LogP) is 4.72. The van der Waals surface area contributed by atoms with Crippen molar-refractivity contribution >= 4 is 5.91 Å². The third-order valence-electron chi connectivity index (χ3n) is 6.15. The molecule has 5 nitrogen and oxygen atoms in total. The molecule has 186 valence electrons. The van der Waals surface area contributed by atoms with Crippen molar-refractivity contribution in [3.05, 3.63) is 95.6 Å². The molecule has 0 bridgehead atoms. The minimum absolute atomic E-state index is 0.0580. The fraction of sp³-hybridized carbons (Fsp3) is 0.296. The van der Waals surface area contributed by atoms with Gasteiger partial charge in [-0.05, 0) is 23.6 Å². The van der Waals surface area contributed by atoms with E-state index in [1.54, 1.807) is 12.1 Å². The van der Waals surface area contributed by atoms with Gasteiger partial charge < -0.3 is 19.9 Å². The minimum atomic E-state index is -4.99. The number of hydrogen-bond donors (Lipinski definition) is 2. The lowest BCUT2D eigenvalue weighted by Crippen LogP contribution is -2.43. The van der Waals surface area contributed by atoms with E-state index < -0.39 is 23.4 Å². The van der Waals surface area contributed by atoms with Crippen LogP contribution in [0.25, 0.3) is 0 Å². The molecule has 1 amide bonds. The van der Waals surface area contributed by atoms with Crippen molar-refractivity contribution in [3.63, 3.8) is 0 Å². The number of benzene rings is 3. The first-order valence-electron chi connectivity index (χ1n) is 11.1. The van der Waals surface area contributed by atoms with Gasteiger partial charge in [-0.1, -0.05) is 72.8 Å². The Morgan fingerprint density at radius 2 is 1.46 bits per heavy atom. The van der Waals surface area contributed by atoms with Crippen molar-refractivity contribution in [3.8, 4) is 11.5 Å². The number of para-hydroxylation sites is 1. The highest BCUT2D eigenvalue weighted by Gasteiger charge is 2.46. The van der Waals surface area contributed by atoms with E-state index in [0.717, 1.165) is 11.1 Å². The third kappa shape index (κ3) is 5.27. The van der Waals surface area contributed by atoms with E-state index >= 15 is 0 Å². The van der Waals surface area contributed by atoms with Crippen LogP contribution in [0.5, 0.6) is 11.5 Å². The number of alkyl halides is 3. The number of amides is 1. The first-order chi connectivity index (χ1) is 16.8. The quantitative estimate of drug-likeness (QED) is 0.407. The summed E-state index contributed by atoms with van der Waals surface area (Å²) < 4.78 is 49.6. The van der Waals surface area contributed by atoms with Crippen LogP contribution in [-0.2, 0) is 10.2 Å². The smallest absolute Gasteiger partial charge is 0.471 e. The van der Waals surface area contributed by atoms with Crippen LogP contribution in [0.15, 0.2) is 78.9 Å². The monoisotopic (exact) mass is 487 g/mol. The van der Waals surface area contributed by atoms with Crippen molar-refractivity contribution in [1.82, 2.24) is 5.32 Å². The first kappa shape index (κ1) is 26.1. The molecule has 0 fully saturated rings. The van der Waals surface area contributed by atoms with Crippen molar-refractivity contribution in [1.29, 1.82) is 0 Å². The summed E-state index contributed by atoms with van der Waals surface area (Å²) in [5.41, 5.74) is 1.25. The van der Waals surface area contributed by atoms with Gasteiger partial charge in [0.05, 0.1) is 19.6 Å². The van der Waals surface area contributed by atoms with Crippen LogP contribution in [0.2, 0.25) is 0 Å². The number of aliphatic hydroxyl groups is 1. The molecule has 0 aliphatic carbocycles. The first-order valence-corrected chi connectivity index (χ1v) is 11.1. The van der Waals surface area contributed by atoms with Gasteiger partial charge in [0.2, 0.25) is 0 Å². The lowest BCUT2D eigenvalue weighted by Gasteiger charge is -2.43. The number of aliphatic hydroxyl groups excluding tert-OH is 1. The number of nitrogens with one attached hydrogen (secondary N) is 1. The molecule has 0 aliphatic heterocycles. The molecule has 3 aromatic carbocycles. The molecule has 2 N–H and O–H groups in total. The van der Waals surface area contributed by atoms with E-state index in [-0.39, 0.29) is 19.6 Å². The number of carbonyl (C=O) groups excluding carboxylic acids is 1. The lowest BCUT2D eigenvalue weighted by atomic mass is 9.60. The highest BCUT2D eigenvalue weighted by atomic mass is 19.4. The Morgan fingerprint density at radius 3 is 1.91 bits per heavy atom. The standard InChI is InChI=1S/C27H28F3NO4/c1-34-23-15-9-14-22(24(23)35-2)26(19-10-5-3-6-11-19,20-12-7-4-8-13-20)21(18-32)16-17-31-25(33)27(28,29)30/h3-15,21,32H,16-18H2,1-2H3,(H,31,33). The van der Waals surface area contributed by atoms with Crippen LogP contribution >= 0.6 is 0 Å². The lowest BCUT2D eigenvalue weighted by molar-refractivity contribution is -0.173. The van der Waals surface area contributed by atoms with E-state index in [1.165, 1.54) is 14.2 Å². The molecule has 1 atom stereocenters. The topological polar surface area (TPSA) is 67.8 Å². The van der Waals surface area contributed by atoms with E-state index in [2.05, 4.69) is 0 Å². The van der Waals surface area contributed by atoms with Gasteiger partial charge in [-0.15, -0.1) is 0 Å². The maximum absolute atomic E-state index is 12.8. The Bertz CT molecular complexity index is 1060. The molecule has 35 heavy (non-hydrogen) atoms. The maximum atomic E-state index is 12.8. The van der Waals surface area contributed by atoms with Crippen LogP contribution in [-0.4, -0.2) is 44.6 Å². The number of ether oxygens (including phenoxy) is 2. The summed E-state index contributed by atoms with van der Waals surface area (Å²) in [6, 6.07) is 24.2. The second kappa shape index (κ2) is 11.3. The van der Waals surface area contributed by atoms with Gasteiger partial charge in [-0.25, -0.2) is 0 Å². The molecule has 1 unspecified atom stereocenters. The van der Waals surface area contributed by atoms with Crippen LogP contribution in [0, 0.1) is 5.92 Å². The van der Waals surface area contributed by atoms with Crippen LogP contribution in [0.1, 0.15) is 23.1 Å². The SMILES string of the molecule is COc1cccc(C(c2ccccc2)(c2ccccc2)C(CO)CCNC(=O)C(F)(F)F)c1OC. The fourth-order valence-corrected chi connectivity index (χ4v) is 4.67. The molecule has 8 heteroatoms. The molecule has 0 saturated carbocycles. The normalized spacial score (nSPS) is 12.6. The highest BCUT2D eigenvalue weighted by molar-refractivity contribution is 5.81. The zero-order valence-electron chi connectivity index (χ0n) is 19.5. The summed E-state index contributed by atoms with van der Waals surface area (Å²) in [5.74, 6) is -1.73. The number of carbonyl (C=O) groups is 1. The molecule has 0 aliphatic rings. The molecular formula is C27H28F3NO4. The van der Waals surface area contributed by atoms with Crippen molar-refractivity contribution < 1.29 is 32.5 Å². The maximum Gasteiger partial charge on any atom is 0.471 e. The molecule has 0 aromatic heterocycles. The molecular weight excluding hydrogens is 459 g/mol. The number of methoxy groups -OCH3 is 2. The molecule has 3 rings (SSSR count). The Morgan fingerprint density at radius 1 is 0.886 bits per heavy atom. The van der Waals surface area contributed by atoms with Gasteiger partial charge in [0.15, 0.2) is 11.5 Å². The van der Waals surface area contributed by atoms with Crippen LogP contribution in [0.4, 0.5) is 13.2 Å². The number of hydrogen-bond acceptors (Lipinski definition) is 4. The Labute approximate surface area is 202 Å². The second-order valence-electron chi connectivity index (χ2n) is 8.00. The molecule has 0 heterocycles. The van der Waals surface area contributed by atoms with Gasteiger partial charge in [0.1, 0.15) is 0 Å². The fourth-order valence-electron chi connectivity index (χ4n) is 4.67. The van der Waals surface area contributed by atoms with E-state index in [4.69, 9.17) is 9.47 Å². The van der Waals surface area contributed by atoms with Crippen molar-refractivity contribution in [2.45, 2.75) is 18.0 Å². The number of rotatable bonds is 10. The highest BCUT2D eigenvalue weighted by Crippen LogP contribution is 2.51. The van der Waals surface area contributed by atoms with Gasteiger partial charge >= 0.3 is 12.1 Å². The summed E-state index contributed by atoms with van der Waals surface area (Å²) in [7, 11) is 3.03. The minimum Gasteiger partial charge on any atom is -0.493 e. The van der Waals surface area contributed by atoms with Gasteiger partial charge in [-0.3, -0.25) is 4.79 Å². The summed E-state index contributed by atoms with van der Waals surface area (Å²) in [6.07, 6.45) is -4.93. The predicted molar refractivity (Wildman–Crippen MR) is 127 cm³/mol. The molecule has 0 saturated heterocycles. The zero-order valence-corrected chi connectivity index (χ0v) is 19.5. The summed E-state index contributed by atoms with van der Waals surface area (Å²) >= 11 is 0. The average Bonchev–Trinajstić information content (AvgIpc) is 2.88. The van der Waals surface area contributed by atoms with Gasteiger partial charge in [-0.2, -0.15) is 13.2 Å². The Hall–Kier alpha value is -3.52. The van der Waals surface area contributed by atoms with Crippen molar-refractivity contribution in [2.24, 2.45) is 5.92 Å². The van der Waals surface area contributed by atoms with E-state index in [0.29, 0.717) is 17.1 Å². The van der Waals surface area contributed by atoms with Gasteiger partial charge in [0.25, 0.3) is 0 Å². The van der Waals surface area contributed by atoms with Crippen LogP contribution < -0.4 is 14.8 Å². The van der Waals surface area contributed by atoms with Crippen LogP contribution in [0.3, 0.4) is 0 Å². The second-order valence-corrected chi connectivity index (χ2v) is 8.00. The van der Waals surface area contributed by atoms with E-state index in [9.17, 15) is 23.1 Å². The largest absolute Gasteiger partial charge is 0.493 e. The summed E-state index contributed by atoms with van der Waals surface area (Å²) in [5, 5.41) is 12.6. The third-order valence-corrected chi connectivity index (χ3v) is 6.15. The number of halogens is 3. The summed E-state index contributed by atoms with van der Waals surface area (Å²) in [4.78, 5) is 11.4. The molecule has 3 aromatic rings. The average molecular weight is 488 g/mol. The van der Waals surface area contributed by atoms with Crippen molar-refractivity contribution in [2.75, 3.05) is 27.4 Å². The molecule has 0 spiro atoms. The zero-order chi connectivity index (χ0) is 25.5. The Kier molecular flexibility index (Phi) is 8.40. The van der Waals surface area contributed by atoms with E-state index in [1.807, 2.05) is 72.0 Å². The molecule has 0 radical (unpaired) electrons.